The number of esters is 1. The first-order valence-electron chi connectivity index (χ1n) is 8.58. The first-order chi connectivity index (χ1) is 14.1. The lowest BCUT2D eigenvalue weighted by atomic mass is 10.2. The van der Waals surface area contributed by atoms with Crippen LogP contribution in [0.2, 0.25) is 5.02 Å². The lowest BCUT2D eigenvalue weighted by Gasteiger charge is -2.13. The second-order valence-electron chi connectivity index (χ2n) is 6.03. The van der Waals surface area contributed by atoms with E-state index >= 15 is 0 Å². The molecule has 0 saturated heterocycles. The molecule has 0 fully saturated rings. The van der Waals surface area contributed by atoms with E-state index in [4.69, 9.17) is 16.3 Å². The van der Waals surface area contributed by atoms with Gasteiger partial charge in [-0.3, -0.25) is 19.7 Å². The van der Waals surface area contributed by atoms with Gasteiger partial charge in [-0.25, -0.2) is 13.1 Å². The number of ether oxygens (including phenoxy) is 1. The number of carbonyl (C=O) groups is 2. The van der Waals surface area contributed by atoms with Crippen molar-refractivity contribution in [3.8, 4) is 0 Å². The topological polar surface area (TPSA) is 145 Å². The lowest BCUT2D eigenvalue weighted by molar-refractivity contribution is -0.384. The second kappa shape index (κ2) is 10.1. The van der Waals surface area contributed by atoms with Gasteiger partial charge in [-0.2, -0.15) is 0 Å². The number of nitro benzene ring substituents is 1. The Morgan fingerprint density at radius 1 is 1.20 bits per heavy atom. The molecule has 0 aliphatic carbocycles. The Bertz CT molecular complexity index is 1040. The number of hydrogen-bond donors (Lipinski definition) is 2. The van der Waals surface area contributed by atoms with Gasteiger partial charge in [0, 0.05) is 29.4 Å². The maximum absolute atomic E-state index is 12.1. The van der Waals surface area contributed by atoms with E-state index in [1.54, 1.807) is 0 Å². The molecule has 0 heterocycles. The molecule has 0 aromatic heterocycles. The zero-order valence-corrected chi connectivity index (χ0v) is 17.3. The molecule has 0 spiro atoms. The Kier molecular flexibility index (Phi) is 7.86. The minimum atomic E-state index is -3.82. The number of anilines is 1. The summed E-state index contributed by atoms with van der Waals surface area (Å²) in [4.78, 5) is 34.1. The van der Waals surface area contributed by atoms with E-state index in [0.717, 1.165) is 6.07 Å². The van der Waals surface area contributed by atoms with Crippen LogP contribution in [0.3, 0.4) is 0 Å². The van der Waals surface area contributed by atoms with Gasteiger partial charge >= 0.3 is 5.97 Å². The summed E-state index contributed by atoms with van der Waals surface area (Å²) in [6, 6.07) is 10.8. The molecule has 12 heteroatoms. The predicted molar refractivity (Wildman–Crippen MR) is 109 cm³/mol. The third-order valence-corrected chi connectivity index (χ3v) is 5.48. The molecule has 2 aromatic rings. The Morgan fingerprint density at radius 3 is 2.50 bits per heavy atom. The first-order valence-corrected chi connectivity index (χ1v) is 10.4. The number of nitrogens with zero attached hydrogens (tertiary/aromatic N) is 1. The average Bonchev–Trinajstić information content (AvgIpc) is 2.68. The molecule has 0 aliphatic heterocycles. The molecule has 1 amide bonds. The molecule has 0 radical (unpaired) electrons. The second-order valence-corrected chi connectivity index (χ2v) is 8.23. The third-order valence-electron chi connectivity index (χ3n) is 3.75. The monoisotopic (exact) mass is 455 g/mol. The SMILES string of the molecule is CC(OC(=O)CCNS(=O)(=O)c1ccc(Cl)cc1)C(=O)Nc1cccc([N+](=O)[O-])c1. The molecule has 2 N–H and O–H groups in total. The number of nitrogens with one attached hydrogen (secondary N) is 2. The molecule has 0 aliphatic rings. The maximum atomic E-state index is 12.1. The molecular formula is C18H18ClN3O7S. The standard InChI is InChI=1S/C18H18ClN3O7S/c1-12(18(24)21-14-3-2-4-15(11-14)22(25)26)29-17(23)9-10-20-30(27,28)16-7-5-13(19)6-8-16/h2-8,11-12,20H,9-10H2,1H3,(H,21,24). The van der Waals surface area contributed by atoms with Crippen molar-refractivity contribution < 1.29 is 27.7 Å². The number of benzene rings is 2. The van der Waals surface area contributed by atoms with Crippen LogP contribution in [0.4, 0.5) is 11.4 Å². The van der Waals surface area contributed by atoms with Crippen molar-refractivity contribution in [2.24, 2.45) is 0 Å². The molecular weight excluding hydrogens is 438 g/mol. The number of sulfonamides is 1. The molecule has 2 rings (SSSR count). The Morgan fingerprint density at radius 2 is 1.87 bits per heavy atom. The van der Waals surface area contributed by atoms with Crippen LogP contribution in [0.25, 0.3) is 0 Å². The van der Waals surface area contributed by atoms with Gasteiger partial charge in [0.15, 0.2) is 6.10 Å². The van der Waals surface area contributed by atoms with E-state index in [1.807, 2.05) is 0 Å². The molecule has 30 heavy (non-hydrogen) atoms. The van der Waals surface area contributed by atoms with Crippen LogP contribution in [0.1, 0.15) is 13.3 Å². The molecule has 2 aromatic carbocycles. The fraction of sp³-hybridized carbons (Fsp3) is 0.222. The van der Waals surface area contributed by atoms with Crippen molar-refractivity contribution in [2.45, 2.75) is 24.3 Å². The van der Waals surface area contributed by atoms with E-state index in [9.17, 15) is 28.1 Å². The van der Waals surface area contributed by atoms with Crippen LogP contribution in [0.15, 0.2) is 53.4 Å². The summed E-state index contributed by atoms with van der Waals surface area (Å²) < 4.78 is 31.4. The number of hydrogen-bond acceptors (Lipinski definition) is 7. The predicted octanol–water partition coefficient (Wildman–Crippen LogP) is 2.49. The Balaban J connectivity index is 1.82. The van der Waals surface area contributed by atoms with E-state index < -0.39 is 32.9 Å². The largest absolute Gasteiger partial charge is 0.452 e. The molecule has 160 valence electrons. The number of nitro groups is 1. The quantitative estimate of drug-likeness (QED) is 0.335. The normalized spacial score (nSPS) is 12.1. The minimum Gasteiger partial charge on any atom is -0.452 e. The van der Waals surface area contributed by atoms with Crippen molar-refractivity contribution in [1.82, 2.24) is 4.72 Å². The highest BCUT2D eigenvalue weighted by Crippen LogP contribution is 2.17. The van der Waals surface area contributed by atoms with Crippen LogP contribution >= 0.6 is 11.6 Å². The van der Waals surface area contributed by atoms with Gasteiger partial charge < -0.3 is 10.1 Å². The molecule has 1 unspecified atom stereocenters. The summed E-state index contributed by atoms with van der Waals surface area (Å²) in [6.07, 6.45) is -1.49. The van der Waals surface area contributed by atoms with Gasteiger partial charge in [0.25, 0.3) is 11.6 Å². The highest BCUT2D eigenvalue weighted by molar-refractivity contribution is 7.89. The molecule has 0 saturated carbocycles. The van der Waals surface area contributed by atoms with Crippen LogP contribution in [-0.4, -0.2) is 37.9 Å². The van der Waals surface area contributed by atoms with Crippen molar-refractivity contribution in [1.29, 1.82) is 0 Å². The molecule has 1 atom stereocenters. The summed E-state index contributed by atoms with van der Waals surface area (Å²) in [5.41, 5.74) is -0.0294. The number of non-ortho nitro benzene ring substituents is 1. The van der Waals surface area contributed by atoms with Gasteiger partial charge in [0.1, 0.15) is 0 Å². The summed E-state index contributed by atoms with van der Waals surface area (Å²) in [7, 11) is -3.82. The first kappa shape index (κ1) is 23.3. The van der Waals surface area contributed by atoms with Gasteiger partial charge in [-0.05, 0) is 37.3 Å². The fourth-order valence-electron chi connectivity index (χ4n) is 2.24. The van der Waals surface area contributed by atoms with Crippen LogP contribution in [-0.2, 0) is 24.3 Å². The average molecular weight is 456 g/mol. The van der Waals surface area contributed by atoms with Crippen LogP contribution in [0.5, 0.6) is 0 Å². The summed E-state index contributed by atoms with van der Waals surface area (Å²) in [5, 5.41) is 13.6. The third kappa shape index (κ3) is 6.79. The van der Waals surface area contributed by atoms with Crippen molar-refractivity contribution in [2.75, 3.05) is 11.9 Å². The van der Waals surface area contributed by atoms with E-state index in [1.165, 1.54) is 49.4 Å². The maximum Gasteiger partial charge on any atom is 0.307 e. The van der Waals surface area contributed by atoms with Crippen molar-refractivity contribution in [3.63, 3.8) is 0 Å². The van der Waals surface area contributed by atoms with Gasteiger partial charge in [0.05, 0.1) is 16.2 Å². The molecule has 10 nitrogen and oxygen atoms in total. The molecule has 0 bridgehead atoms. The van der Waals surface area contributed by atoms with E-state index in [-0.39, 0.29) is 29.2 Å². The Hall–Kier alpha value is -3.02. The van der Waals surface area contributed by atoms with Gasteiger partial charge in [-0.1, -0.05) is 17.7 Å². The van der Waals surface area contributed by atoms with Crippen molar-refractivity contribution in [3.05, 3.63) is 63.7 Å². The minimum absolute atomic E-state index is 0.00929. The fourth-order valence-corrected chi connectivity index (χ4v) is 3.39. The van der Waals surface area contributed by atoms with E-state index in [2.05, 4.69) is 10.0 Å². The van der Waals surface area contributed by atoms with Crippen LogP contribution in [0, 0.1) is 10.1 Å². The lowest BCUT2D eigenvalue weighted by Crippen LogP contribution is -2.32. The Labute approximate surface area is 177 Å². The smallest absolute Gasteiger partial charge is 0.307 e. The van der Waals surface area contributed by atoms with Crippen molar-refractivity contribution >= 4 is 44.9 Å². The van der Waals surface area contributed by atoms with Crippen LogP contribution < -0.4 is 10.0 Å². The van der Waals surface area contributed by atoms with Gasteiger partial charge in [-0.15, -0.1) is 0 Å². The highest BCUT2D eigenvalue weighted by Gasteiger charge is 2.20. The highest BCUT2D eigenvalue weighted by atomic mass is 35.5. The zero-order chi connectivity index (χ0) is 22.3. The van der Waals surface area contributed by atoms with Gasteiger partial charge in [0.2, 0.25) is 10.0 Å². The number of amides is 1. The number of halogens is 1. The zero-order valence-electron chi connectivity index (χ0n) is 15.7. The summed E-state index contributed by atoms with van der Waals surface area (Å²) in [5.74, 6) is -1.49. The number of carbonyl (C=O) groups excluding carboxylic acids is 2. The van der Waals surface area contributed by atoms with E-state index in [0.29, 0.717) is 5.02 Å². The summed E-state index contributed by atoms with van der Waals surface area (Å²) in [6.45, 7) is 1.09. The summed E-state index contributed by atoms with van der Waals surface area (Å²) >= 11 is 5.72. The number of rotatable bonds is 9.